The molecule has 0 spiro atoms. The van der Waals surface area contributed by atoms with Crippen LogP contribution in [-0.2, 0) is 15.3 Å². The fraction of sp³-hybridized carbons (Fsp3) is 0.190. The molecule has 3 rings (SSSR count). The molecule has 0 saturated heterocycles. The highest BCUT2D eigenvalue weighted by Gasteiger charge is 2.22. The summed E-state index contributed by atoms with van der Waals surface area (Å²) in [7, 11) is 1.35. The molecule has 3 aromatic rings. The van der Waals surface area contributed by atoms with Crippen LogP contribution in [0.3, 0.4) is 0 Å². The van der Waals surface area contributed by atoms with Gasteiger partial charge in [-0.05, 0) is 30.2 Å². The number of aromatic nitrogens is 1. The van der Waals surface area contributed by atoms with Crippen LogP contribution < -0.4 is 5.32 Å². The highest BCUT2D eigenvalue weighted by Crippen LogP contribution is 2.33. The molecular weight excluding hydrogens is 376 g/mol. The smallest absolute Gasteiger partial charge is 0.337 e. The molecule has 1 atom stereocenters. The highest BCUT2D eigenvalue weighted by atomic mass is 32.2. The molecule has 144 valence electrons. The summed E-state index contributed by atoms with van der Waals surface area (Å²) < 4.78 is 9.78. The normalized spacial score (nSPS) is 11.6. The van der Waals surface area contributed by atoms with Crippen LogP contribution in [0.25, 0.3) is 0 Å². The number of aryl methyl sites for hydroxylation is 1. The summed E-state index contributed by atoms with van der Waals surface area (Å²) in [4.78, 5) is 24.6. The van der Waals surface area contributed by atoms with Crippen molar-refractivity contribution in [3.05, 3.63) is 83.1 Å². The third-order valence-electron chi connectivity index (χ3n) is 3.98. The maximum Gasteiger partial charge on any atom is 0.337 e. The molecule has 0 bridgehead atoms. The van der Waals surface area contributed by atoms with Gasteiger partial charge in [-0.1, -0.05) is 47.6 Å². The number of benzene rings is 2. The first-order chi connectivity index (χ1) is 13.6. The number of thioether (sulfide) groups is 1. The number of esters is 1. The predicted molar refractivity (Wildman–Crippen MR) is 108 cm³/mol. The van der Waals surface area contributed by atoms with Gasteiger partial charge in [0.05, 0.1) is 12.7 Å². The second-order valence-corrected chi connectivity index (χ2v) is 7.20. The number of methoxy groups -OCH3 is 1. The zero-order valence-corrected chi connectivity index (χ0v) is 16.4. The van der Waals surface area contributed by atoms with Crippen molar-refractivity contribution in [1.29, 1.82) is 0 Å². The Morgan fingerprint density at radius 1 is 1.14 bits per heavy atom. The molecule has 0 saturated carbocycles. The van der Waals surface area contributed by atoms with Gasteiger partial charge >= 0.3 is 5.97 Å². The van der Waals surface area contributed by atoms with Crippen LogP contribution in [0.5, 0.6) is 0 Å². The maximum absolute atomic E-state index is 12.9. The van der Waals surface area contributed by atoms with Crippen LogP contribution >= 0.6 is 11.8 Å². The predicted octanol–water partition coefficient (Wildman–Crippen LogP) is 4.38. The lowest BCUT2D eigenvalue weighted by Gasteiger charge is -2.16. The first-order valence-electron chi connectivity index (χ1n) is 8.65. The summed E-state index contributed by atoms with van der Waals surface area (Å²) in [5, 5.41) is 6.18. The molecule has 0 aliphatic carbocycles. The van der Waals surface area contributed by atoms with Gasteiger partial charge in [-0.2, -0.15) is 0 Å². The number of carbonyl (C=O) groups excluding carboxylic acids is 2. The number of rotatable bonds is 7. The Kier molecular flexibility index (Phi) is 6.49. The number of anilines is 1. The van der Waals surface area contributed by atoms with Crippen LogP contribution in [0.1, 0.15) is 32.5 Å². The van der Waals surface area contributed by atoms with Crippen molar-refractivity contribution in [2.24, 2.45) is 0 Å². The van der Waals surface area contributed by atoms with E-state index < -0.39 is 5.25 Å². The fourth-order valence-electron chi connectivity index (χ4n) is 2.65. The summed E-state index contributed by atoms with van der Waals surface area (Å²) >= 11 is 1.47. The lowest BCUT2D eigenvalue weighted by molar-refractivity contribution is -0.115. The Morgan fingerprint density at radius 2 is 1.93 bits per heavy atom. The van der Waals surface area contributed by atoms with Gasteiger partial charge in [0.1, 0.15) is 11.0 Å². The minimum Gasteiger partial charge on any atom is -0.465 e. The van der Waals surface area contributed by atoms with E-state index in [9.17, 15) is 9.59 Å². The number of hydrogen-bond donors (Lipinski definition) is 1. The molecule has 1 amide bonds. The quantitative estimate of drug-likeness (QED) is 0.597. The van der Waals surface area contributed by atoms with E-state index in [4.69, 9.17) is 9.26 Å². The second kappa shape index (κ2) is 9.23. The molecule has 28 heavy (non-hydrogen) atoms. The van der Waals surface area contributed by atoms with E-state index in [1.54, 1.807) is 31.2 Å². The number of hydrogen-bond acceptors (Lipinski definition) is 6. The summed E-state index contributed by atoms with van der Waals surface area (Å²) in [5.41, 5.74) is 2.30. The lowest BCUT2D eigenvalue weighted by Crippen LogP contribution is -2.19. The average Bonchev–Trinajstić information content (AvgIpc) is 3.13. The minimum atomic E-state index is -0.444. The van der Waals surface area contributed by atoms with Crippen LogP contribution in [0.4, 0.5) is 5.82 Å². The molecule has 1 N–H and O–H groups in total. The molecule has 1 unspecified atom stereocenters. The molecule has 0 aliphatic rings. The molecule has 2 aromatic carbocycles. The van der Waals surface area contributed by atoms with Gasteiger partial charge in [0.25, 0.3) is 0 Å². The number of nitrogens with zero attached hydrogens (tertiary/aromatic N) is 1. The third kappa shape index (κ3) is 5.01. The van der Waals surface area contributed by atoms with E-state index in [0.717, 1.165) is 11.1 Å². The number of amides is 1. The zero-order valence-electron chi connectivity index (χ0n) is 15.5. The first-order valence-corrected chi connectivity index (χ1v) is 9.69. The molecule has 0 fully saturated rings. The Labute approximate surface area is 167 Å². The Morgan fingerprint density at radius 3 is 2.61 bits per heavy atom. The van der Waals surface area contributed by atoms with Gasteiger partial charge in [-0.25, -0.2) is 4.79 Å². The fourth-order valence-corrected chi connectivity index (χ4v) is 3.75. The molecule has 1 heterocycles. The minimum absolute atomic E-state index is 0.186. The second-order valence-electron chi connectivity index (χ2n) is 6.11. The van der Waals surface area contributed by atoms with Gasteiger partial charge in [0.2, 0.25) is 5.91 Å². The topological polar surface area (TPSA) is 81.4 Å². The van der Waals surface area contributed by atoms with E-state index in [2.05, 4.69) is 10.5 Å². The molecular formula is C21H20N2O4S. The van der Waals surface area contributed by atoms with Gasteiger partial charge in [0, 0.05) is 11.8 Å². The molecule has 0 aliphatic heterocycles. The van der Waals surface area contributed by atoms with Crippen molar-refractivity contribution in [1.82, 2.24) is 5.16 Å². The van der Waals surface area contributed by atoms with Crippen molar-refractivity contribution in [3.8, 4) is 0 Å². The van der Waals surface area contributed by atoms with Crippen molar-refractivity contribution in [2.45, 2.75) is 17.9 Å². The van der Waals surface area contributed by atoms with Crippen molar-refractivity contribution in [3.63, 3.8) is 0 Å². The van der Waals surface area contributed by atoms with Crippen LogP contribution in [0.15, 0.2) is 65.2 Å². The lowest BCUT2D eigenvalue weighted by atomic mass is 10.1. The van der Waals surface area contributed by atoms with E-state index in [1.165, 1.54) is 18.9 Å². The molecule has 6 nitrogen and oxygen atoms in total. The Bertz CT molecular complexity index is 956. The molecule has 0 radical (unpaired) electrons. The van der Waals surface area contributed by atoms with Crippen LogP contribution in [-0.4, -0.2) is 24.1 Å². The Hall–Kier alpha value is -3.06. The van der Waals surface area contributed by atoms with E-state index in [-0.39, 0.29) is 11.9 Å². The van der Waals surface area contributed by atoms with Gasteiger partial charge < -0.3 is 14.6 Å². The monoisotopic (exact) mass is 396 g/mol. The van der Waals surface area contributed by atoms with Crippen LogP contribution in [0, 0.1) is 6.92 Å². The van der Waals surface area contributed by atoms with E-state index in [1.807, 2.05) is 36.4 Å². The number of ether oxygens (including phenoxy) is 1. The number of carbonyl (C=O) groups is 2. The van der Waals surface area contributed by atoms with Gasteiger partial charge in [-0.15, -0.1) is 11.8 Å². The number of nitrogens with one attached hydrogen (secondary N) is 1. The molecule has 7 heteroatoms. The van der Waals surface area contributed by atoms with Crippen molar-refractivity contribution in [2.75, 3.05) is 12.4 Å². The Balaban J connectivity index is 1.76. The summed E-state index contributed by atoms with van der Waals surface area (Å²) in [6.45, 7) is 1.76. The van der Waals surface area contributed by atoms with Gasteiger partial charge in [-0.3, -0.25) is 4.79 Å². The maximum atomic E-state index is 12.9. The SMILES string of the molecule is COC(=O)c1cccc(CSC(C(=O)Nc2cc(C)on2)c2ccccc2)c1. The van der Waals surface area contributed by atoms with E-state index in [0.29, 0.717) is 22.9 Å². The third-order valence-corrected chi connectivity index (χ3v) is 5.30. The van der Waals surface area contributed by atoms with Gasteiger partial charge in [0.15, 0.2) is 5.82 Å². The standard InChI is InChI=1S/C21H20N2O4S/c1-14-11-18(23-27-14)22-20(24)19(16-8-4-3-5-9-16)28-13-15-7-6-10-17(12-15)21(25)26-2/h3-12,19H,13H2,1-2H3,(H,22,23,24). The average molecular weight is 396 g/mol. The zero-order chi connectivity index (χ0) is 19.9. The summed E-state index contributed by atoms with van der Waals surface area (Å²) in [6, 6.07) is 18.4. The van der Waals surface area contributed by atoms with Crippen molar-refractivity contribution >= 4 is 29.5 Å². The largest absolute Gasteiger partial charge is 0.465 e. The van der Waals surface area contributed by atoms with E-state index >= 15 is 0 Å². The van der Waals surface area contributed by atoms with Crippen LogP contribution in [0.2, 0.25) is 0 Å². The first kappa shape index (κ1) is 19.7. The highest BCUT2D eigenvalue weighted by molar-refractivity contribution is 7.99. The van der Waals surface area contributed by atoms with Crippen molar-refractivity contribution < 1.29 is 18.8 Å². The summed E-state index contributed by atoms with van der Waals surface area (Å²) in [5.74, 6) is 0.991. The molecule has 1 aromatic heterocycles. The summed E-state index contributed by atoms with van der Waals surface area (Å²) in [6.07, 6.45) is 0.